The molecule has 0 saturated carbocycles. The third-order valence-corrected chi connectivity index (χ3v) is 3.02. The molecule has 0 heterocycles. The van der Waals surface area contributed by atoms with Crippen molar-refractivity contribution in [2.24, 2.45) is 0 Å². The average Bonchev–Trinajstić information content (AvgIpc) is 2.52. The zero-order valence-corrected chi connectivity index (χ0v) is 12.8. The van der Waals surface area contributed by atoms with Crippen molar-refractivity contribution in [2.75, 3.05) is 7.11 Å². The fourth-order valence-electron chi connectivity index (χ4n) is 2.00. The number of hydrogen-bond donors (Lipinski definition) is 1. The van der Waals surface area contributed by atoms with E-state index in [1.54, 1.807) is 6.08 Å². The zero-order valence-electron chi connectivity index (χ0n) is 12.8. The van der Waals surface area contributed by atoms with Gasteiger partial charge in [0.15, 0.2) is 5.78 Å². The number of benzene rings is 2. The van der Waals surface area contributed by atoms with Crippen molar-refractivity contribution < 1.29 is 24.2 Å². The van der Waals surface area contributed by atoms with Gasteiger partial charge < -0.3 is 14.6 Å². The summed E-state index contributed by atoms with van der Waals surface area (Å²) in [7, 11) is 1.41. The SMILES string of the molecule is COc1cc(O)c(C(=O)C=Cc2ccccc2)c(OC(C)=O)c1. The van der Waals surface area contributed by atoms with Crippen LogP contribution in [0.25, 0.3) is 6.08 Å². The number of carbonyl (C=O) groups excluding carboxylic acids is 2. The third-order valence-electron chi connectivity index (χ3n) is 3.02. The summed E-state index contributed by atoms with van der Waals surface area (Å²) in [6.07, 6.45) is 2.92. The number of ether oxygens (including phenoxy) is 2. The molecule has 118 valence electrons. The molecule has 0 spiro atoms. The maximum atomic E-state index is 12.4. The van der Waals surface area contributed by atoms with Crippen LogP contribution in [-0.2, 0) is 4.79 Å². The first kappa shape index (κ1) is 16.3. The lowest BCUT2D eigenvalue weighted by atomic mass is 10.1. The predicted octanol–water partition coefficient (Wildman–Crippen LogP) is 3.22. The summed E-state index contributed by atoms with van der Waals surface area (Å²) in [6, 6.07) is 11.9. The minimum absolute atomic E-state index is 0.0444. The Hall–Kier alpha value is -3.08. The molecule has 0 saturated heterocycles. The lowest BCUT2D eigenvalue weighted by Crippen LogP contribution is -2.07. The molecule has 0 aromatic heterocycles. The zero-order chi connectivity index (χ0) is 16.8. The molecule has 0 unspecified atom stereocenters. The summed E-state index contributed by atoms with van der Waals surface area (Å²) in [4.78, 5) is 23.6. The van der Waals surface area contributed by atoms with E-state index in [0.717, 1.165) is 5.56 Å². The molecular formula is C18H16O5. The second-order valence-corrected chi connectivity index (χ2v) is 4.72. The molecule has 0 aliphatic carbocycles. The van der Waals surface area contributed by atoms with Crippen LogP contribution in [0.4, 0.5) is 0 Å². The highest BCUT2D eigenvalue weighted by atomic mass is 16.5. The van der Waals surface area contributed by atoms with E-state index in [4.69, 9.17) is 9.47 Å². The number of rotatable bonds is 5. The highest BCUT2D eigenvalue weighted by Crippen LogP contribution is 2.34. The number of esters is 1. The number of hydrogen-bond acceptors (Lipinski definition) is 5. The molecule has 2 rings (SSSR count). The Morgan fingerprint density at radius 2 is 1.83 bits per heavy atom. The number of ketones is 1. The fourth-order valence-corrected chi connectivity index (χ4v) is 2.00. The maximum absolute atomic E-state index is 12.4. The van der Waals surface area contributed by atoms with Crippen LogP contribution in [0, 0.1) is 0 Å². The van der Waals surface area contributed by atoms with Crippen LogP contribution >= 0.6 is 0 Å². The van der Waals surface area contributed by atoms with Crippen molar-refractivity contribution in [3.05, 3.63) is 59.7 Å². The van der Waals surface area contributed by atoms with E-state index in [9.17, 15) is 14.7 Å². The van der Waals surface area contributed by atoms with Gasteiger partial charge in [0.1, 0.15) is 22.8 Å². The fraction of sp³-hybridized carbons (Fsp3) is 0.111. The van der Waals surface area contributed by atoms with Gasteiger partial charge in [0.2, 0.25) is 0 Å². The number of allylic oxidation sites excluding steroid dienone is 1. The van der Waals surface area contributed by atoms with Gasteiger partial charge in [0, 0.05) is 19.1 Å². The average molecular weight is 312 g/mol. The van der Waals surface area contributed by atoms with Gasteiger partial charge in [-0.05, 0) is 11.6 Å². The molecule has 0 atom stereocenters. The molecule has 1 N–H and O–H groups in total. The van der Waals surface area contributed by atoms with Gasteiger partial charge in [0.05, 0.1) is 7.11 Å². The van der Waals surface area contributed by atoms with Crippen LogP contribution in [0.1, 0.15) is 22.8 Å². The molecule has 2 aromatic carbocycles. The Morgan fingerprint density at radius 3 is 2.43 bits per heavy atom. The molecule has 2 aromatic rings. The van der Waals surface area contributed by atoms with Crippen molar-refractivity contribution in [1.29, 1.82) is 0 Å². The second kappa shape index (κ2) is 7.26. The Kier molecular flexibility index (Phi) is 5.15. The lowest BCUT2D eigenvalue weighted by molar-refractivity contribution is -0.131. The predicted molar refractivity (Wildman–Crippen MR) is 85.8 cm³/mol. The smallest absolute Gasteiger partial charge is 0.308 e. The molecule has 0 amide bonds. The van der Waals surface area contributed by atoms with Crippen molar-refractivity contribution in [1.82, 2.24) is 0 Å². The van der Waals surface area contributed by atoms with Gasteiger partial charge in [-0.2, -0.15) is 0 Å². The van der Waals surface area contributed by atoms with Gasteiger partial charge in [-0.15, -0.1) is 0 Å². The van der Waals surface area contributed by atoms with Crippen LogP contribution in [0.3, 0.4) is 0 Å². The van der Waals surface area contributed by atoms with E-state index >= 15 is 0 Å². The first-order valence-corrected chi connectivity index (χ1v) is 6.88. The monoisotopic (exact) mass is 312 g/mol. The van der Waals surface area contributed by atoms with Gasteiger partial charge in [0.25, 0.3) is 0 Å². The van der Waals surface area contributed by atoms with E-state index in [-0.39, 0.29) is 22.8 Å². The van der Waals surface area contributed by atoms with E-state index < -0.39 is 11.8 Å². The molecule has 0 radical (unpaired) electrons. The first-order chi connectivity index (χ1) is 11.0. The molecule has 5 nitrogen and oxygen atoms in total. The van der Waals surface area contributed by atoms with Crippen LogP contribution in [-0.4, -0.2) is 24.0 Å². The highest BCUT2D eigenvalue weighted by molar-refractivity contribution is 6.11. The normalized spacial score (nSPS) is 10.5. The molecule has 0 aliphatic rings. The number of phenols is 1. The summed E-state index contributed by atoms with van der Waals surface area (Å²) >= 11 is 0. The van der Waals surface area contributed by atoms with Crippen LogP contribution in [0.5, 0.6) is 17.2 Å². The third kappa shape index (κ3) is 4.20. The van der Waals surface area contributed by atoms with E-state index in [2.05, 4.69) is 0 Å². The number of methoxy groups -OCH3 is 1. The van der Waals surface area contributed by atoms with Crippen LogP contribution < -0.4 is 9.47 Å². The Morgan fingerprint density at radius 1 is 1.13 bits per heavy atom. The second-order valence-electron chi connectivity index (χ2n) is 4.72. The van der Waals surface area contributed by atoms with Crippen LogP contribution in [0.15, 0.2) is 48.5 Å². The van der Waals surface area contributed by atoms with Gasteiger partial charge in [-0.25, -0.2) is 0 Å². The highest BCUT2D eigenvalue weighted by Gasteiger charge is 2.19. The lowest BCUT2D eigenvalue weighted by Gasteiger charge is -2.11. The number of aromatic hydroxyl groups is 1. The molecular weight excluding hydrogens is 296 g/mol. The Labute approximate surface area is 133 Å². The van der Waals surface area contributed by atoms with Crippen molar-refractivity contribution in [3.63, 3.8) is 0 Å². The summed E-state index contributed by atoms with van der Waals surface area (Å²) in [6.45, 7) is 1.21. The molecule has 0 aliphatic heterocycles. The van der Waals surface area contributed by atoms with Crippen molar-refractivity contribution in [2.45, 2.75) is 6.92 Å². The standard InChI is InChI=1S/C18H16O5/c1-12(19)23-17-11-14(22-2)10-16(21)18(17)15(20)9-8-13-6-4-3-5-7-13/h3-11,21H,1-2H3. The Bertz CT molecular complexity index is 748. The summed E-state index contributed by atoms with van der Waals surface area (Å²) in [5.41, 5.74) is 0.746. The minimum Gasteiger partial charge on any atom is -0.507 e. The van der Waals surface area contributed by atoms with Gasteiger partial charge in [-0.3, -0.25) is 9.59 Å². The summed E-state index contributed by atoms with van der Waals surface area (Å²) in [5.74, 6) is -1.16. The van der Waals surface area contributed by atoms with Crippen molar-refractivity contribution in [3.8, 4) is 17.2 Å². The van der Waals surface area contributed by atoms with Gasteiger partial charge >= 0.3 is 5.97 Å². The number of carbonyl (C=O) groups is 2. The maximum Gasteiger partial charge on any atom is 0.308 e. The van der Waals surface area contributed by atoms with E-state index in [0.29, 0.717) is 0 Å². The minimum atomic E-state index is -0.598. The molecule has 0 bridgehead atoms. The first-order valence-electron chi connectivity index (χ1n) is 6.88. The largest absolute Gasteiger partial charge is 0.507 e. The topological polar surface area (TPSA) is 72.8 Å². The van der Waals surface area contributed by atoms with E-state index in [1.165, 1.54) is 32.2 Å². The quantitative estimate of drug-likeness (QED) is 0.397. The molecule has 0 fully saturated rings. The van der Waals surface area contributed by atoms with E-state index in [1.807, 2.05) is 30.3 Å². The van der Waals surface area contributed by atoms with Gasteiger partial charge in [-0.1, -0.05) is 36.4 Å². The molecule has 23 heavy (non-hydrogen) atoms. The van der Waals surface area contributed by atoms with Crippen LogP contribution in [0.2, 0.25) is 0 Å². The summed E-state index contributed by atoms with van der Waals surface area (Å²) < 4.78 is 10.0. The van der Waals surface area contributed by atoms with Crippen molar-refractivity contribution >= 4 is 17.8 Å². The summed E-state index contributed by atoms with van der Waals surface area (Å²) in [5, 5.41) is 10.1. The number of phenolic OH excluding ortho intramolecular Hbond substituents is 1. The molecule has 5 heteroatoms. The Balaban J connectivity index is 2.38.